The molecule has 1 aliphatic rings. The van der Waals surface area contributed by atoms with Crippen LogP contribution in [0.15, 0.2) is 54.6 Å². The zero-order chi connectivity index (χ0) is 21.5. The Labute approximate surface area is 177 Å². The highest BCUT2D eigenvalue weighted by Gasteiger charge is 2.26. The zero-order valence-electron chi connectivity index (χ0n) is 17.4. The molecule has 30 heavy (non-hydrogen) atoms. The molecule has 2 N–H and O–H groups in total. The van der Waals surface area contributed by atoms with Crippen molar-refractivity contribution in [3.8, 4) is 0 Å². The number of amides is 3. The maximum atomic E-state index is 12.6. The average Bonchev–Trinajstić information content (AvgIpc) is 2.74. The van der Waals surface area contributed by atoms with Gasteiger partial charge in [0, 0.05) is 43.4 Å². The Morgan fingerprint density at radius 1 is 1.00 bits per heavy atom. The van der Waals surface area contributed by atoms with Crippen molar-refractivity contribution in [2.75, 3.05) is 23.7 Å². The Balaban J connectivity index is 1.50. The van der Waals surface area contributed by atoms with E-state index in [1.165, 1.54) is 6.92 Å². The number of benzene rings is 2. The van der Waals surface area contributed by atoms with Gasteiger partial charge in [-0.25, -0.2) is 0 Å². The smallest absolute Gasteiger partial charge is 0.246 e. The topological polar surface area (TPSA) is 78.5 Å². The van der Waals surface area contributed by atoms with E-state index in [0.29, 0.717) is 31.6 Å². The summed E-state index contributed by atoms with van der Waals surface area (Å²) in [4.78, 5) is 38.0. The first-order valence-electron chi connectivity index (χ1n) is 10.1. The van der Waals surface area contributed by atoms with Gasteiger partial charge < -0.3 is 15.5 Å². The number of nitrogens with zero attached hydrogens (tertiary/aromatic N) is 1. The number of aryl methyl sites for hydroxylation is 1. The maximum Gasteiger partial charge on any atom is 0.246 e. The van der Waals surface area contributed by atoms with Crippen LogP contribution in [-0.4, -0.2) is 35.7 Å². The van der Waals surface area contributed by atoms with Crippen LogP contribution in [0.3, 0.4) is 0 Å². The summed E-state index contributed by atoms with van der Waals surface area (Å²) < 4.78 is 0. The quantitative estimate of drug-likeness (QED) is 0.742. The van der Waals surface area contributed by atoms with Crippen LogP contribution in [0.5, 0.6) is 0 Å². The number of anilines is 2. The van der Waals surface area contributed by atoms with E-state index < -0.39 is 0 Å². The molecule has 0 saturated carbocycles. The van der Waals surface area contributed by atoms with Gasteiger partial charge in [0.1, 0.15) is 0 Å². The summed E-state index contributed by atoms with van der Waals surface area (Å²) in [6.45, 7) is 4.48. The summed E-state index contributed by atoms with van der Waals surface area (Å²) in [5.74, 6) is -0.312. The second-order valence-electron chi connectivity index (χ2n) is 7.54. The summed E-state index contributed by atoms with van der Waals surface area (Å²) >= 11 is 0. The lowest BCUT2D eigenvalue weighted by Crippen LogP contribution is -2.40. The molecule has 0 spiro atoms. The fourth-order valence-corrected chi connectivity index (χ4v) is 3.51. The first-order valence-corrected chi connectivity index (χ1v) is 10.1. The second kappa shape index (κ2) is 9.87. The summed E-state index contributed by atoms with van der Waals surface area (Å²) in [5.41, 5.74) is 3.31. The standard InChI is InChI=1S/C24H27N3O3/c1-17-16-21(9-10-22(17)25-18(2)28)26-24(30)20-12-14-27(15-13-20)23(29)11-8-19-6-4-3-5-7-19/h3-11,16,20H,12-15H2,1-2H3,(H,25,28)(H,26,30)/b11-8+. The first-order chi connectivity index (χ1) is 14.4. The fraction of sp³-hybridized carbons (Fsp3) is 0.292. The van der Waals surface area contributed by atoms with Crippen molar-refractivity contribution < 1.29 is 14.4 Å². The predicted octanol–water partition coefficient (Wildman–Crippen LogP) is 3.84. The molecular weight excluding hydrogens is 378 g/mol. The van der Waals surface area contributed by atoms with Crippen molar-refractivity contribution in [3.05, 3.63) is 65.7 Å². The molecule has 156 valence electrons. The van der Waals surface area contributed by atoms with Gasteiger partial charge in [0.25, 0.3) is 0 Å². The van der Waals surface area contributed by atoms with Gasteiger partial charge in [-0.15, -0.1) is 0 Å². The van der Waals surface area contributed by atoms with Gasteiger partial charge in [-0.3, -0.25) is 14.4 Å². The molecule has 0 aliphatic carbocycles. The Morgan fingerprint density at radius 2 is 1.70 bits per heavy atom. The largest absolute Gasteiger partial charge is 0.339 e. The fourth-order valence-electron chi connectivity index (χ4n) is 3.51. The first kappa shape index (κ1) is 21.3. The zero-order valence-corrected chi connectivity index (χ0v) is 17.4. The number of hydrogen-bond donors (Lipinski definition) is 2. The van der Waals surface area contributed by atoms with Crippen LogP contribution in [-0.2, 0) is 14.4 Å². The van der Waals surface area contributed by atoms with Gasteiger partial charge in [-0.2, -0.15) is 0 Å². The van der Waals surface area contributed by atoms with E-state index in [9.17, 15) is 14.4 Å². The minimum Gasteiger partial charge on any atom is -0.339 e. The third-order valence-corrected chi connectivity index (χ3v) is 5.20. The monoisotopic (exact) mass is 405 g/mol. The van der Waals surface area contributed by atoms with Crippen LogP contribution < -0.4 is 10.6 Å². The van der Waals surface area contributed by atoms with Crippen molar-refractivity contribution in [2.45, 2.75) is 26.7 Å². The Morgan fingerprint density at radius 3 is 2.33 bits per heavy atom. The highest BCUT2D eigenvalue weighted by Crippen LogP contribution is 2.23. The number of nitrogens with one attached hydrogen (secondary N) is 2. The molecule has 2 aromatic rings. The van der Waals surface area contributed by atoms with E-state index in [1.54, 1.807) is 23.1 Å². The summed E-state index contributed by atoms with van der Waals surface area (Å²) in [5, 5.41) is 5.71. The Hall–Kier alpha value is -3.41. The van der Waals surface area contributed by atoms with E-state index >= 15 is 0 Å². The van der Waals surface area contributed by atoms with E-state index in [4.69, 9.17) is 0 Å². The van der Waals surface area contributed by atoms with Crippen molar-refractivity contribution in [2.24, 2.45) is 5.92 Å². The molecule has 0 aromatic heterocycles. The van der Waals surface area contributed by atoms with Crippen LogP contribution in [0.25, 0.3) is 6.08 Å². The SMILES string of the molecule is CC(=O)Nc1ccc(NC(=O)C2CCN(C(=O)/C=C/c3ccccc3)CC2)cc1C. The van der Waals surface area contributed by atoms with Crippen LogP contribution in [0.2, 0.25) is 0 Å². The van der Waals surface area contributed by atoms with Gasteiger partial charge in [-0.05, 0) is 55.2 Å². The van der Waals surface area contributed by atoms with E-state index in [1.807, 2.05) is 49.4 Å². The minimum atomic E-state index is -0.130. The van der Waals surface area contributed by atoms with Gasteiger partial charge in [0.05, 0.1) is 0 Å². The van der Waals surface area contributed by atoms with Crippen LogP contribution in [0.1, 0.15) is 30.9 Å². The average molecular weight is 405 g/mol. The van der Waals surface area contributed by atoms with Crippen molar-refractivity contribution in [1.29, 1.82) is 0 Å². The van der Waals surface area contributed by atoms with Gasteiger partial charge >= 0.3 is 0 Å². The molecule has 0 bridgehead atoms. The third kappa shape index (κ3) is 5.80. The summed E-state index contributed by atoms with van der Waals surface area (Å²) in [6.07, 6.45) is 4.68. The molecule has 0 unspecified atom stereocenters. The molecule has 0 atom stereocenters. The number of carbonyl (C=O) groups excluding carboxylic acids is 3. The minimum absolute atomic E-state index is 0.0260. The van der Waals surface area contributed by atoms with Crippen LogP contribution in [0, 0.1) is 12.8 Å². The number of hydrogen-bond acceptors (Lipinski definition) is 3. The van der Waals surface area contributed by atoms with Crippen LogP contribution in [0.4, 0.5) is 11.4 Å². The summed E-state index contributed by atoms with van der Waals surface area (Å²) in [6, 6.07) is 15.1. The highest BCUT2D eigenvalue weighted by molar-refractivity contribution is 5.95. The Bertz CT molecular complexity index is 945. The number of likely N-dealkylation sites (tertiary alicyclic amines) is 1. The molecule has 6 heteroatoms. The molecular formula is C24H27N3O3. The van der Waals surface area contributed by atoms with Crippen LogP contribution >= 0.6 is 0 Å². The Kier molecular flexibility index (Phi) is 7.01. The lowest BCUT2D eigenvalue weighted by atomic mass is 9.95. The molecule has 1 saturated heterocycles. The number of piperidine rings is 1. The molecule has 1 fully saturated rings. The third-order valence-electron chi connectivity index (χ3n) is 5.20. The predicted molar refractivity (Wildman–Crippen MR) is 119 cm³/mol. The molecule has 1 heterocycles. The van der Waals surface area contributed by atoms with Crippen molar-refractivity contribution in [1.82, 2.24) is 4.90 Å². The van der Waals surface area contributed by atoms with Gasteiger partial charge in [-0.1, -0.05) is 30.3 Å². The summed E-state index contributed by atoms with van der Waals surface area (Å²) in [7, 11) is 0. The molecule has 3 amide bonds. The molecule has 1 aliphatic heterocycles. The van der Waals surface area contributed by atoms with Crippen molar-refractivity contribution in [3.63, 3.8) is 0 Å². The van der Waals surface area contributed by atoms with E-state index in [0.717, 1.165) is 16.8 Å². The van der Waals surface area contributed by atoms with Gasteiger partial charge in [0.2, 0.25) is 17.7 Å². The number of rotatable bonds is 5. The molecule has 2 aromatic carbocycles. The maximum absolute atomic E-state index is 12.6. The highest BCUT2D eigenvalue weighted by atomic mass is 16.2. The van der Waals surface area contributed by atoms with E-state index in [2.05, 4.69) is 10.6 Å². The molecule has 0 radical (unpaired) electrons. The van der Waals surface area contributed by atoms with E-state index in [-0.39, 0.29) is 23.6 Å². The van der Waals surface area contributed by atoms with Gasteiger partial charge in [0.15, 0.2) is 0 Å². The number of carbonyl (C=O) groups is 3. The lowest BCUT2D eigenvalue weighted by molar-refractivity contribution is -0.130. The lowest BCUT2D eigenvalue weighted by Gasteiger charge is -2.30. The second-order valence-corrected chi connectivity index (χ2v) is 7.54. The molecule has 6 nitrogen and oxygen atoms in total. The normalized spacial score (nSPS) is 14.5. The molecule has 3 rings (SSSR count). The van der Waals surface area contributed by atoms with Crippen molar-refractivity contribution >= 4 is 35.2 Å².